The average Bonchev–Trinajstić information content (AvgIpc) is 3.13. The fraction of sp³-hybridized carbons (Fsp3) is 0.273. The van der Waals surface area contributed by atoms with Crippen LogP contribution in [0, 0.1) is 6.92 Å². The lowest BCUT2D eigenvalue weighted by Gasteiger charge is -2.10. The molecule has 1 aliphatic rings. The van der Waals surface area contributed by atoms with Crippen LogP contribution in [0.1, 0.15) is 17.7 Å². The molecule has 1 N–H and O–H groups in total. The van der Waals surface area contributed by atoms with Gasteiger partial charge >= 0.3 is 5.97 Å². The summed E-state index contributed by atoms with van der Waals surface area (Å²) in [5, 5.41) is 2.64. The lowest BCUT2D eigenvalue weighted by atomic mass is 10.2. The molecule has 0 saturated carbocycles. The molecular weight excluding hydrogens is 452 g/mol. The molecule has 4 rings (SSSR count). The Hall–Kier alpha value is -2.95. The molecule has 3 aromatic rings. The summed E-state index contributed by atoms with van der Waals surface area (Å²) in [7, 11) is -3.92. The zero-order chi connectivity index (χ0) is 22.6. The third kappa shape index (κ3) is 5.45. The zero-order valence-electron chi connectivity index (χ0n) is 17.4. The number of aryl methyl sites for hydroxylation is 1. The maximum atomic E-state index is 12.5. The molecule has 2 heterocycles. The topological polar surface area (TPSA) is 104 Å². The van der Waals surface area contributed by atoms with E-state index in [4.69, 9.17) is 14.2 Å². The van der Waals surface area contributed by atoms with Crippen molar-refractivity contribution in [2.45, 2.75) is 24.8 Å². The Kier molecular flexibility index (Phi) is 6.73. The zero-order valence-corrected chi connectivity index (χ0v) is 19.0. The molecule has 0 atom stereocenters. The van der Waals surface area contributed by atoms with E-state index in [2.05, 4.69) is 9.71 Å². The van der Waals surface area contributed by atoms with Gasteiger partial charge in [-0.2, -0.15) is 4.72 Å². The Balaban J connectivity index is 1.31. The summed E-state index contributed by atoms with van der Waals surface area (Å²) >= 11 is 1.45. The average molecular weight is 475 g/mol. The molecule has 0 fully saturated rings. The highest BCUT2D eigenvalue weighted by molar-refractivity contribution is 7.89. The summed E-state index contributed by atoms with van der Waals surface area (Å²) in [6.07, 6.45) is 0.715. The molecule has 168 valence electrons. The molecule has 0 aliphatic carbocycles. The van der Waals surface area contributed by atoms with Gasteiger partial charge in [0.05, 0.1) is 23.8 Å². The van der Waals surface area contributed by atoms with Crippen molar-refractivity contribution in [1.29, 1.82) is 0 Å². The summed E-state index contributed by atoms with van der Waals surface area (Å²) in [6, 6.07) is 12.3. The van der Waals surface area contributed by atoms with Gasteiger partial charge in [0.15, 0.2) is 11.5 Å². The van der Waals surface area contributed by atoms with Gasteiger partial charge in [0.2, 0.25) is 10.0 Å². The number of thiazole rings is 1. The van der Waals surface area contributed by atoms with E-state index >= 15 is 0 Å². The molecule has 0 spiro atoms. The number of rotatable bonds is 7. The first-order chi connectivity index (χ1) is 15.4. The summed E-state index contributed by atoms with van der Waals surface area (Å²) in [6.45, 7) is 2.44. The smallest absolute Gasteiger partial charge is 0.321 e. The second-order valence-corrected chi connectivity index (χ2v) is 9.78. The monoisotopic (exact) mass is 474 g/mol. The van der Waals surface area contributed by atoms with Crippen molar-refractivity contribution in [3.63, 3.8) is 0 Å². The van der Waals surface area contributed by atoms with Crippen molar-refractivity contribution in [2.75, 3.05) is 19.8 Å². The van der Waals surface area contributed by atoms with Gasteiger partial charge in [-0.15, -0.1) is 11.3 Å². The van der Waals surface area contributed by atoms with Gasteiger partial charge in [-0.3, -0.25) is 4.79 Å². The Bertz CT molecular complexity index is 1210. The fourth-order valence-electron chi connectivity index (χ4n) is 2.96. The summed E-state index contributed by atoms with van der Waals surface area (Å²) in [5.74, 6) is 0.155. The minimum atomic E-state index is -3.92. The lowest BCUT2D eigenvalue weighted by Crippen LogP contribution is -2.30. The summed E-state index contributed by atoms with van der Waals surface area (Å²) < 4.78 is 43.5. The number of carbonyl (C=O) groups excluding carboxylic acids is 1. The van der Waals surface area contributed by atoms with Crippen LogP contribution in [0.5, 0.6) is 11.5 Å². The molecule has 1 aliphatic heterocycles. The molecule has 2 aromatic carbocycles. The molecule has 32 heavy (non-hydrogen) atoms. The van der Waals surface area contributed by atoms with Crippen LogP contribution in [-0.4, -0.2) is 39.1 Å². The SMILES string of the molecule is Cc1ccc(-c2nc(COC(=O)CNS(=O)(=O)c3ccc4c(c3)OCCCO4)cs2)cc1. The molecule has 8 nitrogen and oxygen atoms in total. The highest BCUT2D eigenvalue weighted by Gasteiger charge is 2.20. The van der Waals surface area contributed by atoms with Crippen molar-refractivity contribution in [3.05, 3.63) is 59.1 Å². The predicted molar refractivity (Wildman–Crippen MR) is 119 cm³/mol. The second kappa shape index (κ2) is 9.68. The van der Waals surface area contributed by atoms with Crippen LogP contribution in [0.4, 0.5) is 0 Å². The largest absolute Gasteiger partial charge is 0.490 e. The predicted octanol–water partition coefficient (Wildman–Crippen LogP) is 3.30. The normalized spacial score (nSPS) is 13.4. The van der Waals surface area contributed by atoms with Gasteiger partial charge in [0.25, 0.3) is 0 Å². The number of hydrogen-bond acceptors (Lipinski definition) is 8. The standard InChI is InChI=1S/C22H22N2O6S2/c1-15-3-5-16(6-4-15)22-24-17(14-31-22)13-30-21(25)12-23-32(26,27)18-7-8-19-20(11-18)29-10-2-9-28-19/h3-8,11,14,23H,2,9-10,12-13H2,1H3. The molecule has 0 radical (unpaired) electrons. The quantitative estimate of drug-likeness (QED) is 0.524. The van der Waals surface area contributed by atoms with Crippen LogP contribution in [0.2, 0.25) is 0 Å². The van der Waals surface area contributed by atoms with Crippen LogP contribution in [0.3, 0.4) is 0 Å². The van der Waals surface area contributed by atoms with Crippen LogP contribution in [0.15, 0.2) is 52.7 Å². The van der Waals surface area contributed by atoms with E-state index in [0.717, 1.165) is 16.1 Å². The molecule has 0 bridgehead atoms. The number of nitrogens with zero attached hydrogens (tertiary/aromatic N) is 1. The molecule has 0 saturated heterocycles. The second-order valence-electron chi connectivity index (χ2n) is 7.15. The van der Waals surface area contributed by atoms with Gasteiger partial charge < -0.3 is 14.2 Å². The number of carbonyl (C=O) groups is 1. The van der Waals surface area contributed by atoms with E-state index in [-0.39, 0.29) is 11.5 Å². The Morgan fingerprint density at radius 1 is 1.12 bits per heavy atom. The minimum Gasteiger partial charge on any atom is -0.490 e. The van der Waals surface area contributed by atoms with Crippen molar-refractivity contribution >= 4 is 27.3 Å². The number of aromatic nitrogens is 1. The van der Waals surface area contributed by atoms with Crippen LogP contribution in [0.25, 0.3) is 10.6 Å². The third-order valence-electron chi connectivity index (χ3n) is 4.67. The first-order valence-electron chi connectivity index (χ1n) is 9.97. The molecule has 0 amide bonds. The van der Waals surface area contributed by atoms with Crippen LogP contribution < -0.4 is 14.2 Å². The maximum Gasteiger partial charge on any atom is 0.321 e. The van der Waals surface area contributed by atoms with E-state index < -0.39 is 22.5 Å². The van der Waals surface area contributed by atoms with Gasteiger partial charge in [-0.1, -0.05) is 29.8 Å². The van der Waals surface area contributed by atoms with E-state index in [1.54, 1.807) is 6.07 Å². The number of esters is 1. The van der Waals surface area contributed by atoms with E-state index in [1.165, 1.54) is 23.5 Å². The summed E-state index contributed by atoms with van der Waals surface area (Å²) in [5.41, 5.74) is 2.75. The van der Waals surface area contributed by atoms with Crippen LogP contribution >= 0.6 is 11.3 Å². The van der Waals surface area contributed by atoms with Crippen molar-refractivity contribution in [3.8, 4) is 22.1 Å². The highest BCUT2D eigenvalue weighted by Crippen LogP contribution is 2.31. The van der Waals surface area contributed by atoms with E-state index in [0.29, 0.717) is 36.8 Å². The minimum absolute atomic E-state index is 0.0169. The molecule has 0 unspecified atom stereocenters. The Morgan fingerprint density at radius 2 is 1.88 bits per heavy atom. The van der Waals surface area contributed by atoms with E-state index in [1.807, 2.05) is 36.6 Å². The lowest BCUT2D eigenvalue weighted by molar-refractivity contribution is -0.143. The number of nitrogens with one attached hydrogen (secondary N) is 1. The van der Waals surface area contributed by atoms with Gasteiger partial charge in [0, 0.05) is 23.4 Å². The third-order valence-corrected chi connectivity index (χ3v) is 7.01. The summed E-state index contributed by atoms with van der Waals surface area (Å²) in [4.78, 5) is 16.5. The van der Waals surface area contributed by atoms with Gasteiger partial charge in [0.1, 0.15) is 18.2 Å². The number of sulfonamides is 1. The molecular formula is C22H22N2O6S2. The first-order valence-corrected chi connectivity index (χ1v) is 12.3. The highest BCUT2D eigenvalue weighted by atomic mass is 32.2. The molecule has 10 heteroatoms. The Labute approximate surface area is 190 Å². The van der Waals surface area contributed by atoms with Crippen molar-refractivity contribution < 1.29 is 27.4 Å². The van der Waals surface area contributed by atoms with Gasteiger partial charge in [-0.25, -0.2) is 13.4 Å². The number of fused-ring (bicyclic) bond motifs is 1. The van der Waals surface area contributed by atoms with E-state index in [9.17, 15) is 13.2 Å². The molecule has 1 aromatic heterocycles. The first kappa shape index (κ1) is 22.3. The van der Waals surface area contributed by atoms with Crippen molar-refractivity contribution in [1.82, 2.24) is 9.71 Å². The fourth-order valence-corrected chi connectivity index (χ4v) is 4.75. The number of benzene rings is 2. The maximum absolute atomic E-state index is 12.5. The van der Waals surface area contributed by atoms with Gasteiger partial charge in [-0.05, 0) is 19.1 Å². The Morgan fingerprint density at radius 3 is 2.66 bits per heavy atom. The number of ether oxygens (including phenoxy) is 3. The van der Waals surface area contributed by atoms with Crippen molar-refractivity contribution in [2.24, 2.45) is 0 Å². The van der Waals surface area contributed by atoms with Crippen LogP contribution in [-0.2, 0) is 26.2 Å². The number of hydrogen-bond donors (Lipinski definition) is 1.